The normalized spacial score (nSPS) is 17.5. The number of carbonyl (C=O) groups excluding carboxylic acids is 1. The van der Waals surface area contributed by atoms with Crippen molar-refractivity contribution in [3.8, 4) is 0 Å². The van der Waals surface area contributed by atoms with Crippen LogP contribution in [0.15, 0.2) is 0 Å². The molecule has 0 aromatic rings. The van der Waals surface area contributed by atoms with Crippen molar-refractivity contribution in [1.29, 1.82) is 0 Å². The zero-order valence-corrected chi connectivity index (χ0v) is 8.03. The van der Waals surface area contributed by atoms with Crippen molar-refractivity contribution < 1.29 is 14.7 Å². The molecule has 1 aliphatic rings. The van der Waals surface area contributed by atoms with Crippen LogP contribution in [0.5, 0.6) is 0 Å². The molecular formula is C9H16N2O3. The van der Waals surface area contributed by atoms with Crippen molar-refractivity contribution in [3.63, 3.8) is 0 Å². The monoisotopic (exact) mass is 200 g/mol. The number of hydrogen-bond acceptors (Lipinski definition) is 3. The molecular weight excluding hydrogens is 184 g/mol. The first-order valence-corrected chi connectivity index (χ1v) is 4.87. The molecule has 5 heteroatoms. The number of rotatable bonds is 6. The lowest BCUT2D eigenvalue weighted by Gasteiger charge is -2.12. The number of carboxylic acid groups (broad SMARTS) is 1. The minimum atomic E-state index is -0.828. The van der Waals surface area contributed by atoms with Crippen LogP contribution >= 0.6 is 0 Å². The Morgan fingerprint density at radius 1 is 1.50 bits per heavy atom. The van der Waals surface area contributed by atoms with Crippen LogP contribution in [0, 0.1) is 5.92 Å². The van der Waals surface area contributed by atoms with Crippen LogP contribution in [0.3, 0.4) is 0 Å². The van der Waals surface area contributed by atoms with Crippen molar-refractivity contribution in [1.82, 2.24) is 5.32 Å². The summed E-state index contributed by atoms with van der Waals surface area (Å²) in [7, 11) is 0. The SMILES string of the molecule is NC(CCCC(=O)O)NC(=O)C1CC1. The number of hydrogen-bond donors (Lipinski definition) is 3. The van der Waals surface area contributed by atoms with Crippen LogP contribution in [-0.2, 0) is 9.59 Å². The highest BCUT2D eigenvalue weighted by Gasteiger charge is 2.30. The van der Waals surface area contributed by atoms with E-state index in [1.165, 1.54) is 0 Å². The van der Waals surface area contributed by atoms with Gasteiger partial charge in [0.1, 0.15) is 0 Å². The Labute approximate surface area is 82.7 Å². The molecule has 1 unspecified atom stereocenters. The number of carbonyl (C=O) groups is 2. The van der Waals surface area contributed by atoms with E-state index in [0.29, 0.717) is 12.8 Å². The summed E-state index contributed by atoms with van der Waals surface area (Å²) in [6, 6.07) is 0. The van der Waals surface area contributed by atoms with Gasteiger partial charge in [0.2, 0.25) is 5.91 Å². The van der Waals surface area contributed by atoms with E-state index < -0.39 is 12.1 Å². The van der Waals surface area contributed by atoms with E-state index in [1.807, 2.05) is 0 Å². The van der Waals surface area contributed by atoms with E-state index in [9.17, 15) is 9.59 Å². The molecule has 1 amide bonds. The minimum Gasteiger partial charge on any atom is -0.481 e. The number of carboxylic acids is 1. The van der Waals surface area contributed by atoms with Gasteiger partial charge in [-0.05, 0) is 25.7 Å². The summed E-state index contributed by atoms with van der Waals surface area (Å²) in [6.45, 7) is 0. The third-order valence-corrected chi connectivity index (χ3v) is 2.18. The maximum Gasteiger partial charge on any atom is 0.303 e. The van der Waals surface area contributed by atoms with Gasteiger partial charge in [0, 0.05) is 12.3 Å². The average molecular weight is 200 g/mol. The fourth-order valence-corrected chi connectivity index (χ4v) is 1.19. The van der Waals surface area contributed by atoms with Crippen molar-refractivity contribution in [2.45, 2.75) is 38.3 Å². The summed E-state index contributed by atoms with van der Waals surface area (Å²) in [5.41, 5.74) is 5.60. The molecule has 1 rings (SSSR count). The summed E-state index contributed by atoms with van der Waals surface area (Å²) >= 11 is 0. The first-order chi connectivity index (χ1) is 6.59. The number of nitrogens with two attached hydrogens (primary N) is 1. The van der Waals surface area contributed by atoms with Crippen LogP contribution < -0.4 is 11.1 Å². The molecule has 14 heavy (non-hydrogen) atoms. The van der Waals surface area contributed by atoms with Gasteiger partial charge < -0.3 is 16.2 Å². The quantitative estimate of drug-likeness (QED) is 0.528. The Morgan fingerprint density at radius 2 is 2.14 bits per heavy atom. The van der Waals surface area contributed by atoms with Crippen molar-refractivity contribution in [2.75, 3.05) is 0 Å². The minimum absolute atomic E-state index is 0.00725. The molecule has 5 nitrogen and oxygen atoms in total. The highest BCUT2D eigenvalue weighted by atomic mass is 16.4. The summed E-state index contributed by atoms with van der Waals surface area (Å²) in [4.78, 5) is 21.4. The highest BCUT2D eigenvalue weighted by molar-refractivity contribution is 5.81. The standard InChI is InChI=1S/C9H16N2O3/c10-7(2-1-3-8(12)13)11-9(14)6-4-5-6/h6-7H,1-5,10H2,(H,11,14)(H,12,13). The van der Waals surface area contributed by atoms with Gasteiger partial charge in [-0.2, -0.15) is 0 Å². The zero-order chi connectivity index (χ0) is 10.6. The lowest BCUT2D eigenvalue weighted by atomic mass is 10.2. The molecule has 0 aromatic carbocycles. The van der Waals surface area contributed by atoms with E-state index in [2.05, 4.69) is 5.32 Å². The zero-order valence-electron chi connectivity index (χ0n) is 8.03. The van der Waals surface area contributed by atoms with Gasteiger partial charge in [-0.15, -0.1) is 0 Å². The molecule has 0 aromatic heterocycles. The van der Waals surface area contributed by atoms with Crippen LogP contribution in [0.25, 0.3) is 0 Å². The van der Waals surface area contributed by atoms with Crippen molar-refractivity contribution >= 4 is 11.9 Å². The number of nitrogens with one attached hydrogen (secondary N) is 1. The molecule has 1 saturated carbocycles. The molecule has 1 aliphatic carbocycles. The Bertz CT molecular complexity index is 226. The van der Waals surface area contributed by atoms with E-state index in [1.54, 1.807) is 0 Å². The van der Waals surface area contributed by atoms with Crippen molar-refractivity contribution in [2.24, 2.45) is 11.7 Å². The van der Waals surface area contributed by atoms with E-state index in [0.717, 1.165) is 12.8 Å². The summed E-state index contributed by atoms with van der Waals surface area (Å²) < 4.78 is 0. The van der Waals surface area contributed by atoms with Gasteiger partial charge in [0.05, 0.1) is 6.17 Å². The lowest BCUT2D eigenvalue weighted by Crippen LogP contribution is -2.42. The fourth-order valence-electron chi connectivity index (χ4n) is 1.19. The average Bonchev–Trinajstić information content (AvgIpc) is 2.84. The first kappa shape index (κ1) is 11.0. The maximum atomic E-state index is 11.2. The number of aliphatic carboxylic acids is 1. The van der Waals surface area contributed by atoms with Crippen LogP contribution in [-0.4, -0.2) is 23.1 Å². The van der Waals surface area contributed by atoms with Gasteiger partial charge in [-0.3, -0.25) is 9.59 Å². The molecule has 0 aliphatic heterocycles. The van der Waals surface area contributed by atoms with Gasteiger partial charge in [0.15, 0.2) is 0 Å². The molecule has 80 valence electrons. The third kappa shape index (κ3) is 4.23. The van der Waals surface area contributed by atoms with Crippen LogP contribution in [0.1, 0.15) is 32.1 Å². The van der Waals surface area contributed by atoms with Gasteiger partial charge in [0.25, 0.3) is 0 Å². The number of amides is 1. The third-order valence-electron chi connectivity index (χ3n) is 2.18. The molecule has 0 bridgehead atoms. The van der Waals surface area contributed by atoms with Gasteiger partial charge in [-0.1, -0.05) is 0 Å². The predicted octanol–water partition coefficient (Wildman–Crippen LogP) is 0.0523. The van der Waals surface area contributed by atoms with Crippen LogP contribution in [0.4, 0.5) is 0 Å². The maximum absolute atomic E-state index is 11.2. The predicted molar refractivity (Wildman–Crippen MR) is 50.3 cm³/mol. The largest absolute Gasteiger partial charge is 0.481 e. The van der Waals surface area contributed by atoms with E-state index in [4.69, 9.17) is 10.8 Å². The molecule has 4 N–H and O–H groups in total. The Morgan fingerprint density at radius 3 is 2.64 bits per heavy atom. The topological polar surface area (TPSA) is 92.4 Å². The van der Waals surface area contributed by atoms with Crippen LogP contribution in [0.2, 0.25) is 0 Å². The molecule has 0 radical (unpaired) electrons. The molecule has 0 heterocycles. The summed E-state index contributed by atoms with van der Waals surface area (Å²) in [5.74, 6) is -0.668. The van der Waals surface area contributed by atoms with E-state index >= 15 is 0 Å². The van der Waals surface area contributed by atoms with Crippen molar-refractivity contribution in [3.05, 3.63) is 0 Å². The fraction of sp³-hybridized carbons (Fsp3) is 0.778. The Balaban J connectivity index is 2.05. The second-order valence-corrected chi connectivity index (χ2v) is 3.68. The highest BCUT2D eigenvalue weighted by Crippen LogP contribution is 2.28. The van der Waals surface area contributed by atoms with E-state index in [-0.39, 0.29) is 18.2 Å². The second kappa shape index (κ2) is 4.95. The molecule has 0 spiro atoms. The van der Waals surface area contributed by atoms with Gasteiger partial charge in [-0.25, -0.2) is 0 Å². The Kier molecular flexibility index (Phi) is 3.88. The molecule has 0 saturated heterocycles. The lowest BCUT2D eigenvalue weighted by molar-refractivity contribution is -0.137. The smallest absolute Gasteiger partial charge is 0.303 e. The Hall–Kier alpha value is -1.10. The second-order valence-electron chi connectivity index (χ2n) is 3.68. The molecule has 1 atom stereocenters. The first-order valence-electron chi connectivity index (χ1n) is 4.87. The summed E-state index contributed by atoms with van der Waals surface area (Å²) in [5, 5.41) is 11.0. The molecule has 1 fully saturated rings. The summed E-state index contributed by atoms with van der Waals surface area (Å²) in [6.07, 6.45) is 2.63. The van der Waals surface area contributed by atoms with Gasteiger partial charge >= 0.3 is 5.97 Å².